The quantitative estimate of drug-likeness (QED) is 0.0140. The number of aldehydes is 1. The summed E-state index contributed by atoms with van der Waals surface area (Å²) in [6.07, 6.45) is -8.75. The minimum absolute atomic E-state index is 0.0122. The zero-order chi connectivity index (χ0) is 81.9. The second kappa shape index (κ2) is 61.2. The highest BCUT2D eigenvalue weighted by Crippen LogP contribution is 2.25. The monoisotopic (exact) mass is 1780 g/mol. The van der Waals surface area contributed by atoms with Crippen molar-refractivity contribution < 1.29 is 108 Å². The first-order valence-electron chi connectivity index (χ1n) is 32.4. The van der Waals surface area contributed by atoms with E-state index >= 15 is 0 Å². The molecule has 0 saturated carbocycles. The van der Waals surface area contributed by atoms with E-state index < -0.39 is 66.8 Å². The van der Waals surface area contributed by atoms with Crippen molar-refractivity contribution in [1.29, 1.82) is 5.26 Å². The number of benzene rings is 6. The lowest BCUT2D eigenvalue weighted by Gasteiger charge is -2.13. The summed E-state index contributed by atoms with van der Waals surface area (Å²) in [5.74, 6) is 7.57. The molecule has 0 aliphatic carbocycles. The van der Waals surface area contributed by atoms with Crippen LogP contribution in [0.1, 0.15) is 132 Å². The number of nitrogens with two attached hydrogens (primary N) is 2. The fraction of sp³-hybridized carbons (Fsp3) is 0.382. The molecular weight excluding hydrogens is 1700 g/mol. The molecule has 7 rings (SSSR count). The first-order chi connectivity index (χ1) is 51.1. The van der Waals surface area contributed by atoms with Crippen LogP contribution >= 0.6 is 63.7 Å². The van der Waals surface area contributed by atoms with Crippen molar-refractivity contribution in [2.75, 3.05) is 87.1 Å². The van der Waals surface area contributed by atoms with E-state index in [4.69, 9.17) is 37.4 Å². The maximum Gasteiger partial charge on any atom is 0.490 e. The largest absolute Gasteiger partial charge is 0.490 e. The number of aliphatic hydroxyl groups excluding tert-OH is 5. The Bertz CT molecular complexity index is 3720. The number of halogens is 13. The van der Waals surface area contributed by atoms with Gasteiger partial charge in [-0.1, -0.05) is 166 Å². The molecule has 108 heavy (non-hydrogen) atoms. The van der Waals surface area contributed by atoms with Crippen LogP contribution in [0.3, 0.4) is 0 Å². The number of methoxy groups -OCH3 is 3. The number of amides is 2. The standard InChI is InChI=1S/C15H16F3NO3.C13H17NO2.C11H11BrF3NO2.C9H12BrNO.C9H8BrNO.C7H5BrO.C4H5F3O2.C4H8O.C4H6O/c1-22-9-3-5-11-4-2-6-12(10-11)13(20)7-8-19-14(21)15(16,17)18;1-16-9-3-5-11-4-2-6-12(10-11)13(15)7-8-14;12-8-3-1-2-7(6-8)9(17)4-5-16-10(18)11(13,14)15;2*10-8-3-1-2-7(6-8)9(12)4-5-11;8-7-3-1-2-6(4-7)5-9;1-2-9-3(8)4(5,6)7;1-2-4-5-3-1;1-3-4-5-2/h2,4,6,10,13,20H,7-9H2,1H3,(H,19,21);2,4,6,10,13,15H,7-9,14H2,1H3;1-3,6,9,17H,4-5H2,(H,16,18);1-3,6,9,12H,4-5,11H2;1-3,6,9,12H,4H2;1-5H;2H2,1H3;1-4H2;1H,4H2,2H3. The average molecular weight is 1790 g/mol. The van der Waals surface area contributed by atoms with Gasteiger partial charge in [0.15, 0.2) is 0 Å². The molecule has 0 radical (unpaired) electrons. The highest BCUT2D eigenvalue weighted by atomic mass is 79.9. The van der Waals surface area contributed by atoms with Gasteiger partial charge in [0.1, 0.15) is 26.1 Å². The number of hydrogen-bond donors (Lipinski definition) is 9. The number of nitrogens with one attached hydrogen (secondary N) is 2. The summed E-state index contributed by atoms with van der Waals surface area (Å²) in [5, 5.41) is 60.1. The third kappa shape index (κ3) is 52.5. The summed E-state index contributed by atoms with van der Waals surface area (Å²) in [6.45, 7) is 4.62. The molecule has 5 unspecified atom stereocenters. The topological polar surface area (TPSA) is 315 Å². The van der Waals surface area contributed by atoms with Gasteiger partial charge in [-0.15, -0.1) is 6.42 Å². The third-order valence-corrected chi connectivity index (χ3v) is 14.7. The van der Waals surface area contributed by atoms with Gasteiger partial charge in [0.25, 0.3) is 0 Å². The fourth-order valence-corrected chi connectivity index (χ4v) is 9.30. The van der Waals surface area contributed by atoms with Crippen LogP contribution < -0.4 is 22.1 Å². The molecule has 592 valence electrons. The van der Waals surface area contributed by atoms with Gasteiger partial charge in [-0.05, 0) is 159 Å². The van der Waals surface area contributed by atoms with E-state index in [1.807, 2.05) is 84.9 Å². The van der Waals surface area contributed by atoms with E-state index in [1.54, 1.807) is 91.6 Å². The van der Waals surface area contributed by atoms with E-state index in [2.05, 4.69) is 103 Å². The summed E-state index contributed by atoms with van der Waals surface area (Å²) in [7, 11) is 4.69. The number of aliphatic hydroxyl groups is 5. The van der Waals surface area contributed by atoms with Crippen LogP contribution in [-0.4, -0.2) is 155 Å². The molecule has 1 fully saturated rings. The average Bonchev–Trinajstić information content (AvgIpc) is 1.54. The van der Waals surface area contributed by atoms with Crippen molar-refractivity contribution in [2.45, 2.75) is 101 Å². The van der Waals surface area contributed by atoms with Crippen LogP contribution in [-0.2, 0) is 38.1 Å². The van der Waals surface area contributed by atoms with Gasteiger partial charge < -0.3 is 71.3 Å². The van der Waals surface area contributed by atoms with Crippen molar-refractivity contribution >= 4 is 87.8 Å². The molecule has 1 aliphatic rings. The number of carbonyl (C=O) groups is 4. The minimum atomic E-state index is -4.91. The maximum absolute atomic E-state index is 12.0. The lowest BCUT2D eigenvalue weighted by Crippen LogP contribution is -2.37. The Balaban J connectivity index is 0. The molecule has 1 aliphatic heterocycles. The molecule has 11 N–H and O–H groups in total. The van der Waals surface area contributed by atoms with Gasteiger partial charge in [0.2, 0.25) is 0 Å². The van der Waals surface area contributed by atoms with E-state index in [0.29, 0.717) is 61.4 Å². The fourth-order valence-electron chi connectivity index (χ4n) is 7.63. The minimum Gasteiger partial charge on any atom is -0.459 e. The maximum atomic E-state index is 12.0. The molecular formula is C76H88Br4F9N5O14. The van der Waals surface area contributed by atoms with Crippen LogP contribution in [0.5, 0.6) is 0 Å². The summed E-state index contributed by atoms with van der Waals surface area (Å²) in [4.78, 5) is 41.0. The molecule has 1 saturated heterocycles. The number of esters is 1. The van der Waals surface area contributed by atoms with Crippen LogP contribution in [0.2, 0.25) is 0 Å². The van der Waals surface area contributed by atoms with Crippen molar-refractivity contribution in [3.8, 4) is 42.1 Å². The molecule has 1 heterocycles. The van der Waals surface area contributed by atoms with Crippen molar-refractivity contribution in [3.05, 3.63) is 208 Å². The van der Waals surface area contributed by atoms with Gasteiger partial charge in [-0.2, -0.15) is 44.8 Å². The number of nitrogens with zero attached hydrogens (tertiary/aromatic N) is 1. The van der Waals surface area contributed by atoms with E-state index in [0.717, 1.165) is 59.6 Å². The Morgan fingerprint density at radius 2 is 0.880 bits per heavy atom. The first-order valence-corrected chi connectivity index (χ1v) is 35.5. The highest BCUT2D eigenvalue weighted by molar-refractivity contribution is 9.11. The molecule has 2 amide bonds. The number of hydrogen-bond acceptors (Lipinski definition) is 17. The normalized spacial score (nSPS) is 12.3. The first kappa shape index (κ1) is 102. The second-order valence-electron chi connectivity index (χ2n) is 21.4. The SMILES string of the molecule is C#CCOC.C1CCOC1.CCOC(=O)C(F)(F)F.COCC#Cc1cccc(C(O)CCN)c1.COCC#Cc1cccc(C(O)CCNC(=O)C(F)(F)F)c1.N#CCC(O)c1cccc(Br)c1.NCCC(O)c1cccc(Br)c1.O=C(NCCC(O)c1cccc(Br)c1)C(F)(F)F.O=Cc1cccc(Br)c1. The number of nitriles is 1. The second-order valence-corrected chi connectivity index (χ2v) is 25.1. The Morgan fingerprint density at radius 1 is 0.537 bits per heavy atom. The lowest BCUT2D eigenvalue weighted by molar-refractivity contribution is -0.199. The van der Waals surface area contributed by atoms with Crippen molar-refractivity contribution in [3.63, 3.8) is 0 Å². The molecule has 32 heteroatoms. The van der Waals surface area contributed by atoms with E-state index in [-0.39, 0.29) is 45.6 Å². The zero-order valence-corrected chi connectivity index (χ0v) is 65.7. The molecule has 0 aromatic heterocycles. The van der Waals surface area contributed by atoms with Crippen LogP contribution in [0.4, 0.5) is 39.5 Å². The zero-order valence-electron chi connectivity index (χ0n) is 59.3. The van der Waals surface area contributed by atoms with E-state index in [1.165, 1.54) is 26.9 Å². The molecule has 0 spiro atoms. The summed E-state index contributed by atoms with van der Waals surface area (Å²) >= 11 is 13.1. The number of ether oxygens (including phenoxy) is 5. The predicted octanol–water partition coefficient (Wildman–Crippen LogP) is 14.1. The number of rotatable bonds is 21. The summed E-state index contributed by atoms with van der Waals surface area (Å²) in [6, 6.07) is 45.1. The van der Waals surface area contributed by atoms with Gasteiger partial charge in [0.05, 0.1) is 49.6 Å². The Kier molecular flexibility index (Phi) is 58.1. The lowest BCUT2D eigenvalue weighted by atomic mass is 10.0. The Labute approximate surface area is 657 Å². The van der Waals surface area contributed by atoms with Crippen LogP contribution in [0, 0.1) is 47.4 Å². The van der Waals surface area contributed by atoms with E-state index in [9.17, 15) is 84.2 Å². The van der Waals surface area contributed by atoms with Gasteiger partial charge >= 0.3 is 36.3 Å². The van der Waals surface area contributed by atoms with Gasteiger partial charge in [0, 0.05) is 82.2 Å². The summed E-state index contributed by atoms with van der Waals surface area (Å²) < 4.78 is 131. The van der Waals surface area contributed by atoms with Crippen molar-refractivity contribution in [1.82, 2.24) is 10.6 Å². The molecule has 6 aromatic rings. The molecule has 19 nitrogen and oxygen atoms in total. The molecule has 6 aromatic carbocycles. The molecule has 0 bridgehead atoms. The summed E-state index contributed by atoms with van der Waals surface area (Å²) in [5.41, 5.74) is 16.6. The smallest absolute Gasteiger partial charge is 0.459 e. The third-order valence-electron chi connectivity index (χ3n) is 12.8. The molecule has 5 atom stereocenters. The number of terminal acetylenes is 1. The van der Waals surface area contributed by atoms with Gasteiger partial charge in [-0.25, -0.2) is 4.79 Å². The Morgan fingerprint density at radius 3 is 1.14 bits per heavy atom. The van der Waals surface area contributed by atoms with Crippen LogP contribution in [0.25, 0.3) is 0 Å². The highest BCUT2D eigenvalue weighted by Gasteiger charge is 2.41. The van der Waals surface area contributed by atoms with Gasteiger partial charge in [-0.3, -0.25) is 14.4 Å². The predicted molar refractivity (Wildman–Crippen MR) is 406 cm³/mol. The van der Waals surface area contributed by atoms with Crippen molar-refractivity contribution in [2.24, 2.45) is 11.5 Å². The number of carbonyl (C=O) groups excluding carboxylic acids is 4. The number of alkyl halides is 9. The van der Waals surface area contributed by atoms with Crippen LogP contribution in [0.15, 0.2) is 163 Å². The Hall–Kier alpha value is -7.58.